The van der Waals surface area contributed by atoms with Crippen molar-refractivity contribution in [2.45, 2.75) is 48.0 Å². The lowest BCUT2D eigenvalue weighted by Gasteiger charge is -2.27. The van der Waals surface area contributed by atoms with Gasteiger partial charge in [-0.1, -0.05) is 54.2 Å². The zero-order chi connectivity index (χ0) is 18.9. The van der Waals surface area contributed by atoms with E-state index in [1.807, 2.05) is 0 Å². The smallest absolute Gasteiger partial charge is 0.0379 e. The van der Waals surface area contributed by atoms with E-state index < -0.39 is 0 Å². The maximum Gasteiger partial charge on any atom is 0.0379 e. The molecule has 1 aliphatic carbocycles. The Morgan fingerprint density at radius 1 is 1.12 bits per heavy atom. The van der Waals surface area contributed by atoms with Crippen LogP contribution in [-0.4, -0.2) is 0 Å². The molecule has 1 heteroatoms. The van der Waals surface area contributed by atoms with Gasteiger partial charge in [-0.25, -0.2) is 0 Å². The van der Waals surface area contributed by atoms with E-state index in [1.165, 1.54) is 39.0 Å². The van der Waals surface area contributed by atoms with E-state index in [1.54, 1.807) is 0 Å². The van der Waals surface area contributed by atoms with Crippen molar-refractivity contribution in [2.75, 3.05) is 5.73 Å². The van der Waals surface area contributed by atoms with Crippen molar-refractivity contribution in [3.05, 3.63) is 82.0 Å². The highest BCUT2D eigenvalue weighted by atomic mass is 14.6. The van der Waals surface area contributed by atoms with Gasteiger partial charge in [0.2, 0.25) is 0 Å². The van der Waals surface area contributed by atoms with Crippen molar-refractivity contribution in [3.63, 3.8) is 0 Å². The van der Waals surface area contributed by atoms with Crippen molar-refractivity contribution in [1.29, 1.82) is 0 Å². The van der Waals surface area contributed by atoms with Gasteiger partial charge in [0.15, 0.2) is 0 Å². The van der Waals surface area contributed by atoms with Gasteiger partial charge in [0.25, 0.3) is 0 Å². The summed E-state index contributed by atoms with van der Waals surface area (Å²) in [5, 5.41) is 0. The third-order valence-corrected chi connectivity index (χ3v) is 5.42. The summed E-state index contributed by atoms with van der Waals surface area (Å²) in [5.41, 5.74) is 18.4. The van der Waals surface area contributed by atoms with E-state index in [0.717, 1.165) is 23.2 Å². The van der Waals surface area contributed by atoms with Gasteiger partial charge in [-0.2, -0.15) is 0 Å². The maximum atomic E-state index is 6.21. The average Bonchev–Trinajstić information content (AvgIpc) is 2.55. The summed E-state index contributed by atoms with van der Waals surface area (Å²) in [6.45, 7) is 20.9. The predicted octanol–water partition coefficient (Wildman–Crippen LogP) is 6.70. The van der Waals surface area contributed by atoms with E-state index in [9.17, 15) is 0 Å². The van der Waals surface area contributed by atoms with Gasteiger partial charge in [-0.3, -0.25) is 0 Å². The normalized spacial score (nSPS) is 15.6. The van der Waals surface area contributed by atoms with Crippen LogP contribution in [0.4, 0.5) is 5.69 Å². The molecule has 0 radical (unpaired) electrons. The van der Waals surface area contributed by atoms with E-state index >= 15 is 0 Å². The largest absolute Gasteiger partial charge is 0.398 e. The van der Waals surface area contributed by atoms with Crippen molar-refractivity contribution in [1.82, 2.24) is 0 Å². The maximum absolute atomic E-state index is 6.21. The predicted molar refractivity (Wildman–Crippen MR) is 112 cm³/mol. The lowest BCUT2D eigenvalue weighted by Crippen LogP contribution is -2.09. The molecule has 2 N–H and O–H groups in total. The number of rotatable bonds is 6. The van der Waals surface area contributed by atoms with E-state index in [2.05, 4.69) is 79.0 Å². The second-order valence-corrected chi connectivity index (χ2v) is 7.46. The summed E-state index contributed by atoms with van der Waals surface area (Å²) in [6, 6.07) is 4.30. The Morgan fingerprint density at radius 3 is 2.28 bits per heavy atom. The molecule has 0 aromatic heterocycles. The first-order valence-electron chi connectivity index (χ1n) is 8.91. The first-order valence-corrected chi connectivity index (χ1v) is 8.91. The van der Waals surface area contributed by atoms with Gasteiger partial charge in [-0.15, -0.1) is 0 Å². The second kappa shape index (κ2) is 7.31. The Hall–Kier alpha value is -2.28. The fraction of sp³-hybridized carbons (Fsp3) is 0.333. The molecular weight excluding hydrogens is 302 g/mol. The fourth-order valence-corrected chi connectivity index (χ4v) is 3.19. The second-order valence-electron chi connectivity index (χ2n) is 7.46. The molecule has 0 saturated heterocycles. The number of hydrogen-bond donors (Lipinski definition) is 1. The molecule has 1 unspecified atom stereocenters. The Bertz CT molecular complexity index is 828. The molecule has 1 nitrogen and oxygen atoms in total. The Morgan fingerprint density at radius 2 is 1.76 bits per heavy atom. The van der Waals surface area contributed by atoms with E-state index in [-0.39, 0.29) is 0 Å². The van der Waals surface area contributed by atoms with Gasteiger partial charge in [-0.05, 0) is 81.4 Å². The SMILES string of the molecule is C=C(C)/C(C)=C\C(CC1=C(C)C(c2ccc(C)c(N)c2C)=C1)C(=C)C. The van der Waals surface area contributed by atoms with Gasteiger partial charge in [0.05, 0.1) is 0 Å². The van der Waals surface area contributed by atoms with Gasteiger partial charge >= 0.3 is 0 Å². The van der Waals surface area contributed by atoms with Crippen molar-refractivity contribution < 1.29 is 0 Å². The minimum atomic E-state index is 0.351. The average molecular weight is 334 g/mol. The molecule has 2 rings (SSSR count). The van der Waals surface area contributed by atoms with E-state index in [4.69, 9.17) is 5.73 Å². The molecule has 132 valence electrons. The van der Waals surface area contributed by atoms with Crippen LogP contribution >= 0.6 is 0 Å². The summed E-state index contributed by atoms with van der Waals surface area (Å²) in [5.74, 6) is 0.351. The lowest BCUT2D eigenvalue weighted by atomic mass is 9.78. The highest BCUT2D eigenvalue weighted by Gasteiger charge is 2.22. The van der Waals surface area contributed by atoms with Crippen LogP contribution in [-0.2, 0) is 0 Å². The third-order valence-electron chi connectivity index (χ3n) is 5.42. The molecular formula is C24H31N. The molecule has 0 saturated carbocycles. The number of nitrogen functional groups attached to an aromatic ring is 1. The third kappa shape index (κ3) is 3.87. The fourth-order valence-electron chi connectivity index (χ4n) is 3.19. The summed E-state index contributed by atoms with van der Waals surface area (Å²) in [6.07, 6.45) is 5.61. The van der Waals surface area contributed by atoms with Crippen LogP contribution in [0.3, 0.4) is 0 Å². The van der Waals surface area contributed by atoms with Crippen molar-refractivity contribution in [3.8, 4) is 0 Å². The molecule has 1 atom stereocenters. The minimum Gasteiger partial charge on any atom is -0.398 e. The summed E-state index contributed by atoms with van der Waals surface area (Å²) < 4.78 is 0. The monoisotopic (exact) mass is 333 g/mol. The van der Waals surface area contributed by atoms with Crippen LogP contribution in [0.15, 0.2) is 65.3 Å². The van der Waals surface area contributed by atoms with E-state index in [0.29, 0.717) is 5.92 Å². The standard InChI is InChI=1S/C24H31N/c1-14(2)17(6)11-20(15(3)4)12-21-13-23(18(21)7)22-10-9-16(5)24(25)19(22)8/h9-11,13,20H,1,3,12,25H2,2,4-8H3/b17-11-. The van der Waals surface area contributed by atoms with Gasteiger partial charge in [0, 0.05) is 11.6 Å². The van der Waals surface area contributed by atoms with Crippen LogP contribution in [0.5, 0.6) is 0 Å². The van der Waals surface area contributed by atoms with Crippen molar-refractivity contribution in [2.24, 2.45) is 5.92 Å². The molecule has 0 aliphatic heterocycles. The summed E-state index contributed by atoms with van der Waals surface area (Å²) >= 11 is 0. The molecule has 0 bridgehead atoms. The zero-order valence-electron chi connectivity index (χ0n) is 16.6. The quantitative estimate of drug-likeness (QED) is 0.350. The molecule has 0 heterocycles. The number of anilines is 1. The minimum absolute atomic E-state index is 0.351. The van der Waals surface area contributed by atoms with Crippen molar-refractivity contribution >= 4 is 11.3 Å². The van der Waals surface area contributed by atoms with Gasteiger partial charge < -0.3 is 5.73 Å². The number of allylic oxidation sites excluding steroid dienone is 8. The number of hydrogen-bond acceptors (Lipinski definition) is 1. The summed E-state index contributed by atoms with van der Waals surface area (Å²) in [4.78, 5) is 0. The van der Waals surface area contributed by atoms with Crippen LogP contribution in [0.1, 0.15) is 50.8 Å². The highest BCUT2D eigenvalue weighted by Crippen LogP contribution is 2.41. The Balaban J connectivity index is 2.24. The number of aryl methyl sites for hydroxylation is 1. The molecule has 1 aromatic carbocycles. The molecule has 0 fully saturated rings. The molecule has 1 aromatic rings. The van der Waals surface area contributed by atoms with Crippen LogP contribution in [0.25, 0.3) is 5.57 Å². The molecule has 0 amide bonds. The highest BCUT2D eigenvalue weighted by molar-refractivity contribution is 5.91. The van der Waals surface area contributed by atoms with Crippen LogP contribution in [0, 0.1) is 19.8 Å². The summed E-state index contributed by atoms with van der Waals surface area (Å²) in [7, 11) is 0. The first kappa shape index (κ1) is 19.1. The Labute approximate surface area is 153 Å². The molecule has 1 aliphatic rings. The lowest BCUT2D eigenvalue weighted by molar-refractivity contribution is 0.746. The number of benzene rings is 1. The molecule has 0 spiro atoms. The molecule has 25 heavy (non-hydrogen) atoms. The topological polar surface area (TPSA) is 26.0 Å². The van der Waals surface area contributed by atoms with Gasteiger partial charge in [0.1, 0.15) is 0 Å². The number of nitrogens with two attached hydrogens (primary N) is 1. The zero-order valence-corrected chi connectivity index (χ0v) is 16.6. The Kier molecular flexibility index (Phi) is 5.57. The van der Waals surface area contributed by atoms with Crippen LogP contribution < -0.4 is 5.73 Å². The van der Waals surface area contributed by atoms with Crippen LogP contribution in [0.2, 0.25) is 0 Å². The first-order chi connectivity index (χ1) is 11.6.